The van der Waals surface area contributed by atoms with Crippen LogP contribution in [0.5, 0.6) is 0 Å². The van der Waals surface area contributed by atoms with Crippen molar-refractivity contribution in [1.29, 1.82) is 0 Å². The molecule has 0 N–H and O–H groups in total. The van der Waals surface area contributed by atoms with E-state index in [0.29, 0.717) is 0 Å². The summed E-state index contributed by atoms with van der Waals surface area (Å²) in [5.41, 5.74) is 10.1. The zero-order valence-corrected chi connectivity index (χ0v) is 66.4. The van der Waals surface area contributed by atoms with Crippen molar-refractivity contribution in [3.63, 3.8) is 0 Å². The van der Waals surface area contributed by atoms with Crippen LogP contribution in [0.2, 0.25) is 0 Å². The highest BCUT2D eigenvalue weighted by Crippen LogP contribution is 2.43. The Morgan fingerprint density at radius 3 is 0.250 bits per heavy atom. The number of rotatable bonds is 12. The predicted molar refractivity (Wildman–Crippen MR) is 452 cm³/mol. The van der Waals surface area contributed by atoms with Crippen molar-refractivity contribution in [2.75, 3.05) is 79.3 Å². The lowest BCUT2D eigenvalue weighted by atomic mass is 9.97. The van der Waals surface area contributed by atoms with Crippen LogP contribution in [0, 0.1) is 0 Å². The lowest BCUT2D eigenvalue weighted by molar-refractivity contribution is -0.154. The van der Waals surface area contributed by atoms with Gasteiger partial charge in [-0.25, -0.2) is 0 Å². The molecule has 0 saturated carbocycles. The van der Waals surface area contributed by atoms with Crippen LogP contribution in [-0.2, 0) is 85.6 Å². The van der Waals surface area contributed by atoms with E-state index in [4.69, 9.17) is 56.8 Å². The summed E-state index contributed by atoms with van der Waals surface area (Å²) in [5.74, 6) is -1.29. The fraction of sp³-hybridized carbons (Fsp3) is 0.235. The van der Waals surface area contributed by atoms with E-state index in [1.54, 1.807) is 0 Å². The Bertz CT molecular complexity index is 3910. The van der Waals surface area contributed by atoms with Gasteiger partial charge in [-0.3, -0.25) is 28.8 Å². The molecular weight excluding hydrogens is 1510 g/mol. The number of carbonyl (C=O) groups excluding carboxylic acids is 6. The monoisotopic (exact) mass is 1610 g/mol. The van der Waals surface area contributed by atoms with Crippen LogP contribution in [0.4, 0.5) is 0 Å². The molecule has 0 aromatic heterocycles. The summed E-state index contributed by atoms with van der Waals surface area (Å²) in [5, 5.41) is 0. The molecule has 12 aromatic carbocycles. The number of ketones is 6. The SMILES string of the molecule is O=C1CO[C@@H](c2ccccc2)[C@H](c2ccccc2)OCC(=O)CO[C@@H](c2ccccc2)[C@H](c2ccccc2)OC1.O=C1CO[C@@H](c2ccccc2)[C@H](c2ccccc2)OCC(=O)CO[C@@H](c2ccccc2)[C@H](c2ccccc2)OC1.O=C1CO[C@@H](c2ccccc2)[C@H](c2ccccc2)OCC(=O)CO[C@@H](c2ccccc2)[C@H](c2ccccc2)OC1. The largest absolute Gasteiger partial charge is 0.363 e. The van der Waals surface area contributed by atoms with Crippen LogP contribution in [0.3, 0.4) is 0 Å². The molecule has 3 fully saturated rings. The molecule has 0 spiro atoms. The third-order valence-corrected chi connectivity index (χ3v) is 20.3. The maximum atomic E-state index is 13.2. The van der Waals surface area contributed by atoms with Crippen molar-refractivity contribution in [3.8, 4) is 0 Å². The predicted octanol–water partition coefficient (Wildman–Crippen LogP) is 18.5. The first-order valence-corrected chi connectivity index (χ1v) is 40.2. The third kappa shape index (κ3) is 25.1. The minimum Gasteiger partial charge on any atom is -0.363 e. The Hall–Kier alpha value is -11.8. The first-order chi connectivity index (χ1) is 59.1. The minimum absolute atomic E-state index is 0.182. The average molecular weight is 1610 g/mol. The van der Waals surface area contributed by atoms with Gasteiger partial charge < -0.3 is 56.8 Å². The second-order valence-corrected chi connectivity index (χ2v) is 28.9. The van der Waals surface area contributed by atoms with E-state index in [2.05, 4.69) is 0 Å². The molecule has 3 aliphatic rings. The van der Waals surface area contributed by atoms with Crippen LogP contribution < -0.4 is 0 Å². The second kappa shape index (κ2) is 45.9. The fourth-order valence-corrected chi connectivity index (χ4v) is 14.5. The summed E-state index contributed by atoms with van der Waals surface area (Å²) in [7, 11) is 0. The summed E-state index contributed by atoms with van der Waals surface area (Å²) in [4.78, 5) is 79.0. The second-order valence-electron chi connectivity index (χ2n) is 28.9. The van der Waals surface area contributed by atoms with E-state index < -0.39 is 73.2 Å². The molecule has 3 saturated heterocycles. The lowest BCUT2D eigenvalue weighted by Crippen LogP contribution is -2.29. The average Bonchev–Trinajstić information content (AvgIpc) is 0.827. The third-order valence-electron chi connectivity index (χ3n) is 20.3. The highest BCUT2D eigenvalue weighted by Gasteiger charge is 2.37. The summed E-state index contributed by atoms with van der Waals surface area (Å²) in [6, 6.07) is 115. The lowest BCUT2D eigenvalue weighted by Gasteiger charge is -2.30. The van der Waals surface area contributed by atoms with Crippen molar-refractivity contribution < 1.29 is 85.6 Å². The van der Waals surface area contributed by atoms with Gasteiger partial charge in [0.2, 0.25) is 0 Å². The summed E-state index contributed by atoms with van der Waals surface area (Å²) in [6.45, 7) is -2.18. The number of hydrogen-bond donors (Lipinski definition) is 0. The van der Waals surface area contributed by atoms with Gasteiger partial charge in [0, 0.05) is 0 Å². The summed E-state index contributed by atoms with van der Waals surface area (Å²) in [6.07, 6.45) is -7.43. The molecule has 18 heteroatoms. The molecule has 12 aromatic rings. The maximum absolute atomic E-state index is 13.2. The van der Waals surface area contributed by atoms with Crippen molar-refractivity contribution in [3.05, 3.63) is 431 Å². The molecular formula is C102H96O18. The van der Waals surface area contributed by atoms with Gasteiger partial charge in [-0.15, -0.1) is 0 Å². The molecule has 0 bridgehead atoms. The van der Waals surface area contributed by atoms with Gasteiger partial charge in [0.05, 0.1) is 0 Å². The van der Waals surface area contributed by atoms with E-state index in [1.165, 1.54) is 0 Å². The van der Waals surface area contributed by atoms with Gasteiger partial charge in [-0.05, 0) is 66.8 Å². The van der Waals surface area contributed by atoms with E-state index in [-0.39, 0.29) is 114 Å². The molecule has 3 aliphatic heterocycles. The Morgan fingerprint density at radius 2 is 0.183 bits per heavy atom. The molecule has 18 nitrogen and oxygen atoms in total. The zero-order valence-electron chi connectivity index (χ0n) is 66.4. The van der Waals surface area contributed by atoms with E-state index in [1.807, 2.05) is 364 Å². The van der Waals surface area contributed by atoms with E-state index in [9.17, 15) is 28.8 Å². The number of benzene rings is 12. The highest BCUT2D eigenvalue weighted by molar-refractivity contribution is 5.83. The van der Waals surface area contributed by atoms with Crippen LogP contribution in [0.25, 0.3) is 0 Å². The van der Waals surface area contributed by atoms with Gasteiger partial charge in [-0.1, -0.05) is 364 Å². The quantitative estimate of drug-likeness (QED) is 0.111. The topological polar surface area (TPSA) is 213 Å². The van der Waals surface area contributed by atoms with Crippen molar-refractivity contribution in [1.82, 2.24) is 0 Å². The molecule has 15 rings (SSSR count). The molecule has 120 heavy (non-hydrogen) atoms. The first-order valence-electron chi connectivity index (χ1n) is 40.2. The molecule has 12 atom stereocenters. The first kappa shape index (κ1) is 86.0. The Balaban J connectivity index is 0.000000156. The standard InChI is InChI=1S/3C34H32O6/c3*35-29-21-37-31(25-13-5-1-6-14-25)32(26-15-7-2-8-16-26)38-22-30(36)24-40-34(28-19-11-4-12-20-28)33(39-23-29)27-17-9-3-10-18-27/h3*1-20,31-34H,21-24H2/t3*31-,32-,33-,34-/m000/s1. The van der Waals surface area contributed by atoms with Crippen LogP contribution in [0.15, 0.2) is 364 Å². The zero-order chi connectivity index (χ0) is 82.7. The number of carbonyl (C=O) groups is 6. The molecule has 0 radical (unpaired) electrons. The van der Waals surface area contributed by atoms with Crippen molar-refractivity contribution >= 4 is 34.7 Å². The minimum atomic E-state index is -0.619. The van der Waals surface area contributed by atoms with E-state index in [0.717, 1.165) is 66.8 Å². The highest BCUT2D eigenvalue weighted by atomic mass is 16.6. The van der Waals surface area contributed by atoms with E-state index >= 15 is 0 Å². The van der Waals surface area contributed by atoms with Gasteiger partial charge >= 0.3 is 0 Å². The van der Waals surface area contributed by atoms with Crippen molar-refractivity contribution in [2.24, 2.45) is 0 Å². The van der Waals surface area contributed by atoms with Crippen LogP contribution in [0.1, 0.15) is 140 Å². The van der Waals surface area contributed by atoms with Gasteiger partial charge in [0.25, 0.3) is 0 Å². The van der Waals surface area contributed by atoms with Gasteiger partial charge in [0.15, 0.2) is 34.7 Å². The van der Waals surface area contributed by atoms with Crippen molar-refractivity contribution in [2.45, 2.75) is 73.2 Å². The van der Waals surface area contributed by atoms with Gasteiger partial charge in [-0.2, -0.15) is 0 Å². The molecule has 0 unspecified atom stereocenters. The van der Waals surface area contributed by atoms with Gasteiger partial charge in [0.1, 0.15) is 153 Å². The summed E-state index contributed by atoms with van der Waals surface area (Å²) < 4.78 is 74.9. The molecule has 3 heterocycles. The summed E-state index contributed by atoms with van der Waals surface area (Å²) >= 11 is 0. The maximum Gasteiger partial charge on any atom is 0.184 e. The molecule has 0 amide bonds. The smallest absolute Gasteiger partial charge is 0.184 e. The number of ether oxygens (including phenoxy) is 12. The fourth-order valence-electron chi connectivity index (χ4n) is 14.5. The Morgan fingerprint density at radius 1 is 0.117 bits per heavy atom. The molecule has 0 aliphatic carbocycles. The normalized spacial score (nSPS) is 23.3. The van der Waals surface area contributed by atoms with Crippen LogP contribution in [-0.4, -0.2) is 114 Å². The molecule has 612 valence electrons. The Kier molecular flexibility index (Phi) is 32.9. The number of Topliss-reactive ketones (excluding diaryl/α,β-unsaturated/α-hetero) is 6. The number of hydrogen-bond acceptors (Lipinski definition) is 18. The van der Waals surface area contributed by atoms with Crippen LogP contribution >= 0.6 is 0 Å². The Labute approximate surface area is 699 Å².